The van der Waals surface area contributed by atoms with Gasteiger partial charge in [-0.2, -0.15) is 0 Å². The molecule has 0 spiro atoms. The lowest BCUT2D eigenvalue weighted by Crippen LogP contribution is -2.35. The van der Waals surface area contributed by atoms with Crippen molar-refractivity contribution in [3.63, 3.8) is 0 Å². The Morgan fingerprint density at radius 3 is 2.36 bits per heavy atom. The van der Waals surface area contributed by atoms with Gasteiger partial charge in [-0.05, 0) is 26.3 Å². The van der Waals surface area contributed by atoms with Crippen molar-refractivity contribution in [2.24, 2.45) is 0 Å². The Morgan fingerprint density at radius 2 is 1.93 bits per heavy atom. The van der Waals surface area contributed by atoms with Crippen molar-refractivity contribution in [3.05, 3.63) is 0 Å². The van der Waals surface area contributed by atoms with Crippen LogP contribution in [0.3, 0.4) is 0 Å². The second kappa shape index (κ2) is 4.35. The molecule has 1 atom stereocenters. The van der Waals surface area contributed by atoms with Crippen molar-refractivity contribution in [1.29, 1.82) is 0 Å². The van der Waals surface area contributed by atoms with Gasteiger partial charge in [0, 0.05) is 19.1 Å². The van der Waals surface area contributed by atoms with Gasteiger partial charge in [0.1, 0.15) is 0 Å². The fourth-order valence-corrected chi connectivity index (χ4v) is 3.67. The highest BCUT2D eigenvalue weighted by atomic mass is 35.5. The van der Waals surface area contributed by atoms with Gasteiger partial charge in [-0.1, -0.05) is 0 Å². The molecule has 2 aliphatic rings. The van der Waals surface area contributed by atoms with Gasteiger partial charge in [0.05, 0.1) is 5.25 Å². The molecule has 4 nitrogen and oxygen atoms in total. The molecule has 0 aromatic carbocycles. The Morgan fingerprint density at radius 1 is 1.29 bits per heavy atom. The molecule has 2 rings (SSSR count). The van der Waals surface area contributed by atoms with Crippen LogP contribution in [0, 0.1) is 0 Å². The van der Waals surface area contributed by atoms with Crippen LogP contribution in [0.15, 0.2) is 0 Å². The molecule has 1 N–H and O–H groups in total. The molecular formula is C8H17ClN2O2S. The molecule has 1 unspecified atom stereocenters. The van der Waals surface area contributed by atoms with Crippen LogP contribution in [0.4, 0.5) is 0 Å². The number of nitrogens with one attached hydrogen (secondary N) is 1. The third-order valence-corrected chi connectivity index (χ3v) is 5.23. The van der Waals surface area contributed by atoms with E-state index < -0.39 is 10.0 Å². The molecule has 1 heterocycles. The van der Waals surface area contributed by atoms with E-state index >= 15 is 0 Å². The van der Waals surface area contributed by atoms with Gasteiger partial charge in [-0.3, -0.25) is 0 Å². The largest absolute Gasteiger partial charge is 0.316 e. The first-order valence-corrected chi connectivity index (χ1v) is 6.31. The monoisotopic (exact) mass is 240 g/mol. The van der Waals surface area contributed by atoms with E-state index in [9.17, 15) is 8.42 Å². The van der Waals surface area contributed by atoms with E-state index in [2.05, 4.69) is 5.32 Å². The van der Waals surface area contributed by atoms with Crippen molar-refractivity contribution in [3.8, 4) is 0 Å². The molecule has 6 heteroatoms. The molecule has 2 fully saturated rings. The summed E-state index contributed by atoms with van der Waals surface area (Å²) in [6.07, 6.45) is 2.68. The smallest absolute Gasteiger partial charge is 0.217 e. The van der Waals surface area contributed by atoms with E-state index in [0.29, 0.717) is 19.1 Å². The van der Waals surface area contributed by atoms with Crippen LogP contribution in [0.25, 0.3) is 0 Å². The minimum atomic E-state index is -2.92. The van der Waals surface area contributed by atoms with Crippen LogP contribution in [-0.2, 0) is 10.0 Å². The predicted molar refractivity (Wildman–Crippen MR) is 58.2 cm³/mol. The standard InChI is InChI=1S/C8H16N2O2S.ClH/c1-9-7-4-5-10(6-7)13(11,12)8-2-3-8;/h7-9H,2-6H2,1H3;1H. The Balaban J connectivity index is 0.000000980. The number of likely N-dealkylation sites (N-methyl/N-ethyl adjacent to an activating group) is 1. The van der Waals surface area contributed by atoms with Crippen molar-refractivity contribution in [2.75, 3.05) is 20.1 Å². The number of sulfonamides is 1. The fourth-order valence-electron chi connectivity index (χ4n) is 1.77. The van der Waals surface area contributed by atoms with Crippen LogP contribution in [0.2, 0.25) is 0 Å². The Hall–Kier alpha value is 0.160. The molecule has 0 aromatic rings. The van der Waals surface area contributed by atoms with Crippen LogP contribution in [0.5, 0.6) is 0 Å². The first-order chi connectivity index (χ1) is 6.14. The van der Waals surface area contributed by atoms with Crippen molar-refractivity contribution in [1.82, 2.24) is 9.62 Å². The first-order valence-electron chi connectivity index (χ1n) is 4.81. The minimum absolute atomic E-state index is 0. The van der Waals surface area contributed by atoms with E-state index in [0.717, 1.165) is 19.3 Å². The Bertz CT molecular complexity index is 290. The van der Waals surface area contributed by atoms with Gasteiger partial charge >= 0.3 is 0 Å². The highest BCUT2D eigenvalue weighted by molar-refractivity contribution is 7.90. The van der Waals surface area contributed by atoms with Crippen LogP contribution >= 0.6 is 12.4 Å². The summed E-state index contributed by atoms with van der Waals surface area (Å²) in [5.41, 5.74) is 0. The molecule has 0 bridgehead atoms. The molecule has 14 heavy (non-hydrogen) atoms. The number of rotatable bonds is 3. The fraction of sp³-hybridized carbons (Fsp3) is 1.00. The lowest BCUT2D eigenvalue weighted by atomic mass is 10.3. The average molecular weight is 241 g/mol. The maximum absolute atomic E-state index is 11.8. The third-order valence-electron chi connectivity index (χ3n) is 2.86. The van der Waals surface area contributed by atoms with Crippen LogP contribution in [-0.4, -0.2) is 44.2 Å². The molecule has 0 radical (unpaired) electrons. The minimum Gasteiger partial charge on any atom is -0.316 e. The molecule has 84 valence electrons. The maximum Gasteiger partial charge on any atom is 0.217 e. The highest BCUT2D eigenvalue weighted by Crippen LogP contribution is 2.32. The molecule has 0 amide bonds. The van der Waals surface area contributed by atoms with E-state index in [1.807, 2.05) is 7.05 Å². The summed E-state index contributed by atoms with van der Waals surface area (Å²) in [5.74, 6) is 0. The van der Waals surface area contributed by atoms with E-state index in [4.69, 9.17) is 0 Å². The van der Waals surface area contributed by atoms with Gasteiger partial charge in [-0.25, -0.2) is 12.7 Å². The van der Waals surface area contributed by atoms with Gasteiger partial charge in [0.15, 0.2) is 0 Å². The lowest BCUT2D eigenvalue weighted by molar-refractivity contribution is 0.463. The van der Waals surface area contributed by atoms with Crippen LogP contribution < -0.4 is 5.32 Å². The topological polar surface area (TPSA) is 49.4 Å². The zero-order valence-corrected chi connectivity index (χ0v) is 9.90. The van der Waals surface area contributed by atoms with E-state index in [-0.39, 0.29) is 17.7 Å². The number of nitrogens with zero attached hydrogens (tertiary/aromatic N) is 1. The summed E-state index contributed by atoms with van der Waals surface area (Å²) in [7, 11) is -1.03. The predicted octanol–water partition coefficient (Wildman–Crippen LogP) is 0.194. The normalized spacial score (nSPS) is 28.8. The zero-order chi connectivity index (χ0) is 9.47. The van der Waals surface area contributed by atoms with Crippen molar-refractivity contribution < 1.29 is 8.42 Å². The molecule has 1 saturated carbocycles. The summed E-state index contributed by atoms with van der Waals surface area (Å²) in [5, 5.41) is 3.07. The Labute approximate surface area is 91.5 Å². The van der Waals surface area contributed by atoms with Crippen molar-refractivity contribution >= 4 is 22.4 Å². The summed E-state index contributed by atoms with van der Waals surface area (Å²) in [6, 6.07) is 0.355. The third kappa shape index (κ3) is 2.21. The van der Waals surface area contributed by atoms with E-state index in [1.165, 1.54) is 0 Å². The molecule has 0 aromatic heterocycles. The Kier molecular flexibility index (Phi) is 3.80. The second-order valence-electron chi connectivity index (χ2n) is 3.88. The SMILES string of the molecule is CNC1CCN(S(=O)(=O)C2CC2)C1.Cl. The van der Waals surface area contributed by atoms with Gasteiger partial charge in [0.2, 0.25) is 10.0 Å². The number of hydrogen-bond acceptors (Lipinski definition) is 3. The number of hydrogen-bond donors (Lipinski definition) is 1. The lowest BCUT2D eigenvalue weighted by Gasteiger charge is -2.15. The zero-order valence-electron chi connectivity index (χ0n) is 8.27. The van der Waals surface area contributed by atoms with Gasteiger partial charge < -0.3 is 5.32 Å². The molecule has 1 saturated heterocycles. The van der Waals surface area contributed by atoms with Gasteiger partial charge in [0.25, 0.3) is 0 Å². The summed E-state index contributed by atoms with van der Waals surface area (Å²) >= 11 is 0. The summed E-state index contributed by atoms with van der Waals surface area (Å²) in [6.45, 7) is 1.36. The summed E-state index contributed by atoms with van der Waals surface area (Å²) < 4.78 is 25.2. The van der Waals surface area contributed by atoms with Crippen molar-refractivity contribution in [2.45, 2.75) is 30.6 Å². The second-order valence-corrected chi connectivity index (χ2v) is 6.09. The molecule has 1 aliphatic heterocycles. The first kappa shape index (κ1) is 12.2. The highest BCUT2D eigenvalue weighted by Gasteiger charge is 2.42. The van der Waals surface area contributed by atoms with Crippen LogP contribution in [0.1, 0.15) is 19.3 Å². The maximum atomic E-state index is 11.8. The van der Waals surface area contributed by atoms with E-state index in [1.54, 1.807) is 4.31 Å². The molecular weight excluding hydrogens is 224 g/mol. The van der Waals surface area contributed by atoms with Gasteiger partial charge in [-0.15, -0.1) is 12.4 Å². The average Bonchev–Trinajstić information content (AvgIpc) is 2.84. The molecule has 1 aliphatic carbocycles. The quantitative estimate of drug-likeness (QED) is 0.767. The number of halogens is 1. The summed E-state index contributed by atoms with van der Waals surface area (Å²) in [4.78, 5) is 0.